The van der Waals surface area contributed by atoms with Crippen LogP contribution in [0.4, 0.5) is 0 Å². The number of nitrogens with zero attached hydrogens (tertiary/aromatic N) is 2. The van der Waals surface area contributed by atoms with Crippen LogP contribution >= 0.6 is 0 Å². The van der Waals surface area contributed by atoms with Gasteiger partial charge in [-0.25, -0.2) is 4.98 Å². The standard InChI is InChI=1S/C10H15N3O/c1-2-9(6-11-3-1)8-14-10-7-12-4-5-13-10/h4-5,7,9,11H,1-3,6,8H2/t9-/m0/s1. The fraction of sp³-hybridized carbons (Fsp3) is 0.600. The van der Waals surface area contributed by atoms with E-state index in [0.29, 0.717) is 11.8 Å². The number of rotatable bonds is 3. The SMILES string of the molecule is c1cnc(OC[C@H]2CCCNC2)cn1. The van der Waals surface area contributed by atoms with Gasteiger partial charge in [-0.05, 0) is 19.4 Å². The van der Waals surface area contributed by atoms with Gasteiger partial charge in [-0.1, -0.05) is 0 Å². The summed E-state index contributed by atoms with van der Waals surface area (Å²) in [7, 11) is 0. The molecular formula is C10H15N3O. The second-order valence-corrected chi connectivity index (χ2v) is 3.57. The van der Waals surface area contributed by atoms with Crippen LogP contribution < -0.4 is 10.1 Å². The maximum atomic E-state index is 5.53. The summed E-state index contributed by atoms with van der Waals surface area (Å²) in [5.74, 6) is 1.24. The van der Waals surface area contributed by atoms with Gasteiger partial charge in [0.2, 0.25) is 5.88 Å². The number of aromatic nitrogens is 2. The van der Waals surface area contributed by atoms with Crippen molar-refractivity contribution in [1.82, 2.24) is 15.3 Å². The van der Waals surface area contributed by atoms with E-state index in [1.807, 2.05) is 0 Å². The molecule has 0 unspecified atom stereocenters. The predicted octanol–water partition coefficient (Wildman–Crippen LogP) is 0.855. The maximum Gasteiger partial charge on any atom is 0.232 e. The molecular weight excluding hydrogens is 178 g/mol. The Morgan fingerprint density at radius 2 is 2.50 bits per heavy atom. The molecule has 1 aliphatic rings. The van der Waals surface area contributed by atoms with Gasteiger partial charge in [0, 0.05) is 24.9 Å². The van der Waals surface area contributed by atoms with Crippen molar-refractivity contribution in [1.29, 1.82) is 0 Å². The first kappa shape index (κ1) is 9.40. The van der Waals surface area contributed by atoms with Gasteiger partial charge in [0.1, 0.15) is 0 Å². The van der Waals surface area contributed by atoms with Gasteiger partial charge in [0.25, 0.3) is 0 Å². The van der Waals surface area contributed by atoms with Crippen LogP contribution in [0.15, 0.2) is 18.6 Å². The van der Waals surface area contributed by atoms with Crippen molar-refractivity contribution < 1.29 is 4.74 Å². The van der Waals surface area contributed by atoms with Crippen LogP contribution in [-0.2, 0) is 0 Å². The summed E-state index contributed by atoms with van der Waals surface area (Å²) in [6.07, 6.45) is 7.43. The molecule has 14 heavy (non-hydrogen) atoms. The lowest BCUT2D eigenvalue weighted by molar-refractivity contribution is 0.211. The minimum atomic E-state index is 0.616. The molecule has 0 radical (unpaired) electrons. The van der Waals surface area contributed by atoms with Gasteiger partial charge >= 0.3 is 0 Å². The average Bonchev–Trinajstić information content (AvgIpc) is 2.29. The quantitative estimate of drug-likeness (QED) is 0.773. The molecule has 76 valence electrons. The summed E-state index contributed by atoms with van der Waals surface area (Å²) in [6, 6.07) is 0. The number of ether oxygens (including phenoxy) is 1. The van der Waals surface area contributed by atoms with Crippen LogP contribution in [0.3, 0.4) is 0 Å². The average molecular weight is 193 g/mol. The Morgan fingerprint density at radius 3 is 3.21 bits per heavy atom. The van der Waals surface area contributed by atoms with E-state index in [4.69, 9.17) is 4.74 Å². The summed E-state index contributed by atoms with van der Waals surface area (Å²) in [6.45, 7) is 2.94. The van der Waals surface area contributed by atoms with Crippen LogP contribution in [-0.4, -0.2) is 29.7 Å². The highest BCUT2D eigenvalue weighted by molar-refractivity contribution is 5.01. The van der Waals surface area contributed by atoms with E-state index in [9.17, 15) is 0 Å². The minimum Gasteiger partial charge on any atom is -0.476 e. The number of hydrogen-bond donors (Lipinski definition) is 1. The highest BCUT2D eigenvalue weighted by Crippen LogP contribution is 2.11. The van der Waals surface area contributed by atoms with Gasteiger partial charge in [-0.15, -0.1) is 0 Å². The first-order chi connectivity index (χ1) is 6.95. The zero-order valence-corrected chi connectivity index (χ0v) is 8.15. The molecule has 1 saturated heterocycles. The summed E-state index contributed by atoms with van der Waals surface area (Å²) in [5.41, 5.74) is 0. The van der Waals surface area contributed by atoms with E-state index in [2.05, 4.69) is 15.3 Å². The number of hydrogen-bond acceptors (Lipinski definition) is 4. The normalized spacial score (nSPS) is 21.9. The third-order valence-corrected chi connectivity index (χ3v) is 2.41. The molecule has 0 aliphatic carbocycles. The monoisotopic (exact) mass is 193 g/mol. The molecule has 1 aromatic heterocycles. The van der Waals surface area contributed by atoms with Crippen LogP contribution in [0.25, 0.3) is 0 Å². The Balaban J connectivity index is 1.76. The molecule has 1 fully saturated rings. The highest BCUT2D eigenvalue weighted by atomic mass is 16.5. The van der Waals surface area contributed by atoms with Crippen LogP contribution in [0.1, 0.15) is 12.8 Å². The van der Waals surface area contributed by atoms with Crippen molar-refractivity contribution in [3.05, 3.63) is 18.6 Å². The van der Waals surface area contributed by atoms with Gasteiger partial charge in [-0.2, -0.15) is 0 Å². The number of piperidine rings is 1. The maximum absolute atomic E-state index is 5.53. The molecule has 1 aliphatic heterocycles. The molecule has 2 heterocycles. The molecule has 1 N–H and O–H groups in total. The predicted molar refractivity (Wildman–Crippen MR) is 53.1 cm³/mol. The Morgan fingerprint density at radius 1 is 1.50 bits per heavy atom. The summed E-state index contributed by atoms with van der Waals surface area (Å²) >= 11 is 0. The van der Waals surface area contributed by atoms with Crippen molar-refractivity contribution >= 4 is 0 Å². The zero-order valence-electron chi connectivity index (χ0n) is 8.15. The third-order valence-electron chi connectivity index (χ3n) is 2.41. The van der Waals surface area contributed by atoms with Crippen molar-refractivity contribution in [2.24, 2.45) is 5.92 Å². The van der Waals surface area contributed by atoms with Gasteiger partial charge in [0.15, 0.2) is 0 Å². The van der Waals surface area contributed by atoms with Crippen LogP contribution in [0, 0.1) is 5.92 Å². The smallest absolute Gasteiger partial charge is 0.232 e. The number of nitrogens with one attached hydrogen (secondary N) is 1. The highest BCUT2D eigenvalue weighted by Gasteiger charge is 2.13. The van der Waals surface area contributed by atoms with Crippen LogP contribution in [0.5, 0.6) is 5.88 Å². The molecule has 4 nitrogen and oxygen atoms in total. The zero-order chi connectivity index (χ0) is 9.64. The second-order valence-electron chi connectivity index (χ2n) is 3.57. The molecule has 0 spiro atoms. The molecule has 0 bridgehead atoms. The Hall–Kier alpha value is -1.16. The van der Waals surface area contributed by atoms with Gasteiger partial charge in [-0.3, -0.25) is 4.98 Å². The first-order valence-corrected chi connectivity index (χ1v) is 5.04. The third kappa shape index (κ3) is 2.67. The summed E-state index contributed by atoms with van der Waals surface area (Å²) in [5, 5.41) is 3.36. The fourth-order valence-corrected chi connectivity index (χ4v) is 1.63. The van der Waals surface area contributed by atoms with E-state index in [1.54, 1.807) is 18.6 Å². The molecule has 1 atom stereocenters. The van der Waals surface area contributed by atoms with Crippen molar-refractivity contribution in [3.8, 4) is 5.88 Å². The lowest BCUT2D eigenvalue weighted by Gasteiger charge is -2.22. The molecule has 1 aromatic rings. The van der Waals surface area contributed by atoms with E-state index < -0.39 is 0 Å². The Labute approximate surface area is 83.7 Å². The summed E-state index contributed by atoms with van der Waals surface area (Å²) in [4.78, 5) is 8.00. The Kier molecular flexibility index (Phi) is 3.29. The molecule has 0 saturated carbocycles. The van der Waals surface area contributed by atoms with Gasteiger partial charge in [0.05, 0.1) is 12.8 Å². The van der Waals surface area contributed by atoms with E-state index in [1.165, 1.54) is 12.8 Å². The lowest BCUT2D eigenvalue weighted by atomic mass is 10.0. The van der Waals surface area contributed by atoms with E-state index in [0.717, 1.165) is 19.7 Å². The van der Waals surface area contributed by atoms with Crippen molar-refractivity contribution in [3.63, 3.8) is 0 Å². The van der Waals surface area contributed by atoms with E-state index in [-0.39, 0.29) is 0 Å². The van der Waals surface area contributed by atoms with Crippen molar-refractivity contribution in [2.75, 3.05) is 19.7 Å². The molecule has 4 heteroatoms. The Bertz CT molecular complexity index is 259. The lowest BCUT2D eigenvalue weighted by Crippen LogP contribution is -2.33. The molecule has 0 aromatic carbocycles. The molecule has 2 rings (SSSR count). The minimum absolute atomic E-state index is 0.616. The largest absolute Gasteiger partial charge is 0.476 e. The summed E-state index contributed by atoms with van der Waals surface area (Å²) < 4.78 is 5.53. The topological polar surface area (TPSA) is 47.0 Å². The van der Waals surface area contributed by atoms with Crippen molar-refractivity contribution in [2.45, 2.75) is 12.8 Å². The van der Waals surface area contributed by atoms with E-state index >= 15 is 0 Å². The molecule has 0 amide bonds. The van der Waals surface area contributed by atoms with Gasteiger partial charge < -0.3 is 10.1 Å². The second kappa shape index (κ2) is 4.91. The first-order valence-electron chi connectivity index (χ1n) is 5.04. The fourth-order valence-electron chi connectivity index (χ4n) is 1.63. The van der Waals surface area contributed by atoms with Crippen LogP contribution in [0.2, 0.25) is 0 Å².